The Morgan fingerprint density at radius 3 is 2.83 bits per heavy atom. The summed E-state index contributed by atoms with van der Waals surface area (Å²) in [6.07, 6.45) is 0. The number of hydrogen-bond donors (Lipinski definition) is 3. The first kappa shape index (κ1) is 14.7. The number of hydrogen-bond acceptors (Lipinski definition) is 5. The Labute approximate surface area is 109 Å². The van der Waals surface area contributed by atoms with E-state index in [9.17, 15) is 13.2 Å². The number of aliphatic hydroxyl groups is 1. The predicted molar refractivity (Wildman–Crippen MR) is 68.6 cm³/mol. The van der Waals surface area contributed by atoms with Crippen LogP contribution in [0.15, 0.2) is 12.1 Å². The molecular formula is C10H12N2O4S2. The van der Waals surface area contributed by atoms with Gasteiger partial charge >= 0.3 is 0 Å². The second-order valence-corrected chi connectivity index (χ2v) is 6.06. The third kappa shape index (κ3) is 5.29. The van der Waals surface area contributed by atoms with Gasteiger partial charge in [0.2, 0.25) is 10.0 Å². The second-order valence-electron chi connectivity index (χ2n) is 3.25. The monoisotopic (exact) mass is 288 g/mol. The minimum absolute atomic E-state index is 0.0345. The van der Waals surface area contributed by atoms with Gasteiger partial charge in [-0.25, -0.2) is 13.6 Å². The van der Waals surface area contributed by atoms with Gasteiger partial charge in [0.15, 0.2) is 0 Å². The molecule has 0 saturated carbocycles. The summed E-state index contributed by atoms with van der Waals surface area (Å²) in [6.45, 7) is -0.277. The number of rotatable bonds is 4. The topological polar surface area (TPSA) is 109 Å². The summed E-state index contributed by atoms with van der Waals surface area (Å²) in [6, 6.07) is 3.24. The van der Waals surface area contributed by atoms with E-state index in [1.54, 1.807) is 12.1 Å². The Hall–Kier alpha value is -1.40. The van der Waals surface area contributed by atoms with Crippen LogP contribution in [-0.2, 0) is 10.0 Å². The molecule has 4 N–H and O–H groups in total. The number of sulfonamides is 1. The van der Waals surface area contributed by atoms with E-state index in [2.05, 4.69) is 17.2 Å². The largest absolute Gasteiger partial charge is 0.384 e. The van der Waals surface area contributed by atoms with Gasteiger partial charge in [-0.2, -0.15) is 0 Å². The standard InChI is InChI=1S/C10H12N2O4S2/c11-18(15,16)7-5-12-10(14)9-4-3-8(17-9)2-1-6-13/h3-4,13H,5-7H2,(H,12,14)(H2,11,15,16). The first-order chi connectivity index (χ1) is 8.42. The van der Waals surface area contributed by atoms with E-state index in [0.29, 0.717) is 9.75 Å². The van der Waals surface area contributed by atoms with E-state index in [-0.39, 0.29) is 24.8 Å². The van der Waals surface area contributed by atoms with Crippen molar-refractivity contribution in [1.29, 1.82) is 0 Å². The van der Waals surface area contributed by atoms with Crippen LogP contribution in [-0.4, -0.2) is 38.3 Å². The number of carbonyl (C=O) groups is 1. The van der Waals surface area contributed by atoms with Gasteiger partial charge in [0.1, 0.15) is 6.61 Å². The molecule has 0 unspecified atom stereocenters. The maximum absolute atomic E-state index is 11.6. The van der Waals surface area contributed by atoms with Crippen molar-refractivity contribution < 1.29 is 18.3 Å². The maximum atomic E-state index is 11.6. The minimum Gasteiger partial charge on any atom is -0.384 e. The quantitative estimate of drug-likeness (QED) is 0.624. The van der Waals surface area contributed by atoms with Gasteiger partial charge in [-0.15, -0.1) is 11.3 Å². The maximum Gasteiger partial charge on any atom is 0.261 e. The van der Waals surface area contributed by atoms with E-state index in [0.717, 1.165) is 11.3 Å². The Balaban J connectivity index is 2.54. The van der Waals surface area contributed by atoms with Crippen molar-refractivity contribution in [3.8, 4) is 11.8 Å². The van der Waals surface area contributed by atoms with E-state index in [1.165, 1.54) is 0 Å². The summed E-state index contributed by atoms with van der Waals surface area (Å²) >= 11 is 1.16. The van der Waals surface area contributed by atoms with Crippen LogP contribution in [0.3, 0.4) is 0 Å². The molecule has 1 aromatic heterocycles. The van der Waals surface area contributed by atoms with Gasteiger partial charge in [0.05, 0.1) is 15.5 Å². The number of primary sulfonamides is 1. The van der Waals surface area contributed by atoms with Crippen molar-refractivity contribution >= 4 is 27.3 Å². The lowest BCUT2D eigenvalue weighted by molar-refractivity contribution is 0.0960. The summed E-state index contributed by atoms with van der Waals surface area (Å²) in [5, 5.41) is 15.8. The zero-order valence-corrected chi connectivity index (χ0v) is 11.0. The highest BCUT2D eigenvalue weighted by molar-refractivity contribution is 7.89. The molecule has 18 heavy (non-hydrogen) atoms. The minimum atomic E-state index is -3.57. The first-order valence-corrected chi connectivity index (χ1v) is 7.44. The highest BCUT2D eigenvalue weighted by Crippen LogP contribution is 2.14. The molecule has 1 rings (SSSR count). The third-order valence-corrected chi connectivity index (χ3v) is 3.57. The number of thiophene rings is 1. The molecule has 1 heterocycles. The highest BCUT2D eigenvalue weighted by Gasteiger charge is 2.09. The molecule has 98 valence electrons. The van der Waals surface area contributed by atoms with E-state index in [4.69, 9.17) is 10.2 Å². The van der Waals surface area contributed by atoms with Crippen LogP contribution in [0.1, 0.15) is 14.5 Å². The van der Waals surface area contributed by atoms with Gasteiger partial charge in [0, 0.05) is 6.54 Å². The number of nitrogens with two attached hydrogens (primary N) is 1. The molecule has 0 aliphatic heterocycles. The molecule has 0 fully saturated rings. The van der Waals surface area contributed by atoms with Crippen molar-refractivity contribution in [2.75, 3.05) is 18.9 Å². The van der Waals surface area contributed by atoms with Crippen LogP contribution in [0.4, 0.5) is 0 Å². The average molecular weight is 288 g/mol. The van der Waals surface area contributed by atoms with Crippen LogP contribution in [0.25, 0.3) is 0 Å². The fraction of sp³-hybridized carbons (Fsp3) is 0.300. The molecule has 0 aliphatic carbocycles. The predicted octanol–water partition coefficient (Wildman–Crippen LogP) is -0.890. The van der Waals surface area contributed by atoms with Crippen LogP contribution in [0.5, 0.6) is 0 Å². The zero-order chi connectivity index (χ0) is 13.6. The summed E-state index contributed by atoms with van der Waals surface area (Å²) < 4.78 is 21.3. The van der Waals surface area contributed by atoms with Crippen LogP contribution in [0.2, 0.25) is 0 Å². The smallest absolute Gasteiger partial charge is 0.261 e. The Bertz CT molecular complexity index is 581. The van der Waals surface area contributed by atoms with Crippen LogP contribution >= 0.6 is 11.3 Å². The second kappa shape index (κ2) is 6.51. The lowest BCUT2D eigenvalue weighted by Gasteiger charge is -2.01. The molecule has 0 radical (unpaired) electrons. The summed E-state index contributed by atoms with van der Waals surface area (Å²) in [7, 11) is -3.57. The summed E-state index contributed by atoms with van der Waals surface area (Å²) in [5.41, 5.74) is 0. The lowest BCUT2D eigenvalue weighted by atomic mass is 10.4. The molecule has 0 saturated heterocycles. The molecular weight excluding hydrogens is 276 g/mol. The molecule has 0 aliphatic rings. The van der Waals surface area contributed by atoms with Gasteiger partial charge in [-0.3, -0.25) is 4.79 Å². The SMILES string of the molecule is NS(=O)(=O)CCNC(=O)c1ccc(C#CCO)s1. The van der Waals surface area contributed by atoms with E-state index < -0.39 is 10.0 Å². The van der Waals surface area contributed by atoms with Gasteiger partial charge in [-0.05, 0) is 12.1 Å². The number of nitrogens with one attached hydrogen (secondary N) is 1. The Kier molecular flexibility index (Phi) is 5.30. The fourth-order valence-corrected chi connectivity index (χ4v) is 2.23. The van der Waals surface area contributed by atoms with Crippen molar-refractivity contribution in [1.82, 2.24) is 5.32 Å². The fourth-order valence-electron chi connectivity index (χ4n) is 1.05. The Morgan fingerprint density at radius 1 is 1.50 bits per heavy atom. The number of aliphatic hydroxyl groups excluding tert-OH is 1. The number of carbonyl (C=O) groups excluding carboxylic acids is 1. The number of amides is 1. The summed E-state index contributed by atoms with van der Waals surface area (Å²) in [5.74, 6) is 4.46. The van der Waals surface area contributed by atoms with Crippen molar-refractivity contribution in [2.45, 2.75) is 0 Å². The van der Waals surface area contributed by atoms with Gasteiger partial charge in [0.25, 0.3) is 5.91 Å². The average Bonchev–Trinajstić information content (AvgIpc) is 2.73. The third-order valence-electron chi connectivity index (χ3n) is 1.79. The van der Waals surface area contributed by atoms with Gasteiger partial charge in [-0.1, -0.05) is 11.8 Å². The molecule has 0 aromatic carbocycles. The van der Waals surface area contributed by atoms with E-state index in [1.807, 2.05) is 0 Å². The van der Waals surface area contributed by atoms with Gasteiger partial charge < -0.3 is 10.4 Å². The first-order valence-electron chi connectivity index (χ1n) is 4.90. The normalized spacial score (nSPS) is 10.6. The molecule has 0 atom stereocenters. The summed E-state index contributed by atoms with van der Waals surface area (Å²) in [4.78, 5) is 12.7. The molecule has 6 nitrogen and oxygen atoms in total. The van der Waals surface area contributed by atoms with E-state index >= 15 is 0 Å². The van der Waals surface area contributed by atoms with Crippen molar-refractivity contribution in [3.05, 3.63) is 21.9 Å². The molecule has 0 bridgehead atoms. The van der Waals surface area contributed by atoms with Crippen LogP contribution < -0.4 is 10.5 Å². The van der Waals surface area contributed by atoms with Crippen LogP contribution in [0, 0.1) is 11.8 Å². The molecule has 8 heteroatoms. The molecule has 1 aromatic rings. The van der Waals surface area contributed by atoms with Crippen molar-refractivity contribution in [3.63, 3.8) is 0 Å². The lowest BCUT2D eigenvalue weighted by Crippen LogP contribution is -2.31. The highest BCUT2D eigenvalue weighted by atomic mass is 32.2. The zero-order valence-electron chi connectivity index (χ0n) is 9.34. The molecule has 0 spiro atoms. The Morgan fingerprint density at radius 2 is 2.22 bits per heavy atom. The molecule has 1 amide bonds. The van der Waals surface area contributed by atoms with Crippen molar-refractivity contribution in [2.24, 2.45) is 5.14 Å².